The normalized spacial score (nSPS) is 11.4. The van der Waals surface area contributed by atoms with Gasteiger partial charge in [-0.15, -0.1) is 0 Å². The predicted octanol–water partition coefficient (Wildman–Crippen LogP) is 5.09. The van der Waals surface area contributed by atoms with Crippen LogP contribution in [0.4, 0.5) is 15.8 Å². The van der Waals surface area contributed by atoms with Gasteiger partial charge in [0.1, 0.15) is 12.4 Å². The van der Waals surface area contributed by atoms with Crippen LogP contribution in [0.3, 0.4) is 0 Å². The van der Waals surface area contributed by atoms with Crippen LogP contribution in [-0.2, 0) is 14.8 Å². The molecule has 3 aromatic carbocycles. The van der Waals surface area contributed by atoms with Crippen molar-refractivity contribution in [3.05, 3.63) is 89.7 Å². The smallest absolute Gasteiger partial charge is 0.264 e. The van der Waals surface area contributed by atoms with Crippen LogP contribution in [0.2, 0.25) is 0 Å². The van der Waals surface area contributed by atoms with E-state index in [2.05, 4.69) is 5.32 Å². The minimum absolute atomic E-state index is 0.0978. The number of amides is 1. The van der Waals surface area contributed by atoms with Gasteiger partial charge in [-0.3, -0.25) is 9.10 Å². The Kier molecular flexibility index (Phi) is 6.75. The molecule has 0 atom stereocenters. The molecule has 0 heterocycles. The summed E-state index contributed by atoms with van der Waals surface area (Å²) in [4.78, 5) is 12.8. The predicted molar refractivity (Wildman–Crippen MR) is 121 cm³/mol. The number of halogens is 1. The van der Waals surface area contributed by atoms with Gasteiger partial charge in [0.2, 0.25) is 5.91 Å². The maximum atomic E-state index is 13.4. The van der Waals surface area contributed by atoms with Crippen LogP contribution in [-0.4, -0.2) is 20.9 Å². The SMILES string of the molecule is Cc1ccc(S(=O)(=O)N(CC(=O)Nc2ccc(F)cc2)c2ccc(C(C)C)cc2)cc1. The third-order valence-electron chi connectivity index (χ3n) is 4.87. The molecule has 0 unspecified atom stereocenters. The summed E-state index contributed by atoms with van der Waals surface area (Å²) in [5.74, 6) is -0.667. The van der Waals surface area contributed by atoms with Gasteiger partial charge in [0, 0.05) is 5.69 Å². The summed E-state index contributed by atoms with van der Waals surface area (Å²) in [6.07, 6.45) is 0. The number of nitrogens with one attached hydrogen (secondary N) is 1. The molecule has 3 aromatic rings. The first-order valence-corrected chi connectivity index (χ1v) is 11.4. The Bertz CT molecular complexity index is 1140. The van der Waals surface area contributed by atoms with Crippen LogP contribution < -0.4 is 9.62 Å². The molecule has 0 aliphatic heterocycles. The Hall–Kier alpha value is -3.19. The van der Waals surface area contributed by atoms with Gasteiger partial charge >= 0.3 is 0 Å². The summed E-state index contributed by atoms with van der Waals surface area (Å²) in [5.41, 5.74) is 2.77. The molecular weight excluding hydrogens is 415 g/mol. The molecule has 3 rings (SSSR count). The fourth-order valence-electron chi connectivity index (χ4n) is 3.04. The third-order valence-corrected chi connectivity index (χ3v) is 6.66. The summed E-state index contributed by atoms with van der Waals surface area (Å²) < 4.78 is 41.0. The zero-order chi connectivity index (χ0) is 22.6. The van der Waals surface area contributed by atoms with E-state index in [9.17, 15) is 17.6 Å². The first kappa shape index (κ1) is 22.5. The van der Waals surface area contributed by atoms with Crippen LogP contribution in [0.15, 0.2) is 77.7 Å². The van der Waals surface area contributed by atoms with Crippen molar-refractivity contribution in [2.75, 3.05) is 16.2 Å². The highest BCUT2D eigenvalue weighted by Gasteiger charge is 2.27. The van der Waals surface area contributed by atoms with Crippen LogP contribution in [0.25, 0.3) is 0 Å². The van der Waals surface area contributed by atoms with Gasteiger partial charge in [0.05, 0.1) is 10.6 Å². The van der Waals surface area contributed by atoms with E-state index in [0.29, 0.717) is 11.4 Å². The van der Waals surface area contributed by atoms with Crippen LogP contribution >= 0.6 is 0 Å². The second-order valence-corrected chi connectivity index (χ2v) is 9.49. The number of benzene rings is 3. The molecule has 0 aliphatic rings. The lowest BCUT2D eigenvalue weighted by atomic mass is 10.0. The van der Waals surface area contributed by atoms with Crippen molar-refractivity contribution >= 4 is 27.3 Å². The first-order valence-electron chi connectivity index (χ1n) is 9.91. The molecule has 0 aliphatic carbocycles. The summed E-state index contributed by atoms with van der Waals surface area (Å²) >= 11 is 0. The Morgan fingerprint density at radius 3 is 2.06 bits per heavy atom. The number of nitrogens with zero attached hydrogens (tertiary/aromatic N) is 1. The third kappa shape index (κ3) is 5.49. The Morgan fingerprint density at radius 2 is 1.52 bits per heavy atom. The molecule has 0 saturated carbocycles. The van der Waals surface area contributed by atoms with Gasteiger partial charge < -0.3 is 5.32 Å². The van der Waals surface area contributed by atoms with E-state index in [1.165, 1.54) is 36.4 Å². The summed E-state index contributed by atoms with van der Waals surface area (Å²) in [6, 6.07) is 18.9. The lowest BCUT2D eigenvalue weighted by molar-refractivity contribution is -0.114. The number of sulfonamides is 1. The van der Waals surface area contributed by atoms with E-state index in [-0.39, 0.29) is 10.8 Å². The molecule has 5 nitrogen and oxygen atoms in total. The van der Waals surface area contributed by atoms with E-state index in [4.69, 9.17) is 0 Å². The van der Waals surface area contributed by atoms with E-state index in [1.807, 2.05) is 32.9 Å². The van der Waals surface area contributed by atoms with Crippen molar-refractivity contribution in [1.82, 2.24) is 0 Å². The van der Waals surface area contributed by atoms with Crippen molar-refractivity contribution < 1.29 is 17.6 Å². The van der Waals surface area contributed by atoms with Crippen molar-refractivity contribution in [3.63, 3.8) is 0 Å². The zero-order valence-electron chi connectivity index (χ0n) is 17.7. The average Bonchev–Trinajstić information content (AvgIpc) is 2.74. The molecule has 0 saturated heterocycles. The van der Waals surface area contributed by atoms with E-state index >= 15 is 0 Å². The molecule has 7 heteroatoms. The number of anilines is 2. The summed E-state index contributed by atoms with van der Waals surface area (Å²) in [5, 5.41) is 2.62. The lowest BCUT2D eigenvalue weighted by Gasteiger charge is -2.24. The topological polar surface area (TPSA) is 66.5 Å². The van der Waals surface area contributed by atoms with Crippen LogP contribution in [0.1, 0.15) is 30.9 Å². The van der Waals surface area contributed by atoms with Crippen molar-refractivity contribution in [3.8, 4) is 0 Å². The average molecular weight is 441 g/mol. The molecular formula is C24H25FN2O3S. The largest absolute Gasteiger partial charge is 0.325 e. The first-order chi connectivity index (χ1) is 14.7. The molecule has 1 amide bonds. The fraction of sp³-hybridized carbons (Fsp3) is 0.208. The van der Waals surface area contributed by atoms with Gasteiger partial charge in [-0.05, 0) is 66.9 Å². The number of hydrogen-bond donors (Lipinski definition) is 1. The highest BCUT2D eigenvalue weighted by atomic mass is 32.2. The zero-order valence-corrected chi connectivity index (χ0v) is 18.5. The van der Waals surface area contributed by atoms with E-state index < -0.39 is 28.3 Å². The minimum Gasteiger partial charge on any atom is -0.325 e. The molecule has 0 fully saturated rings. The molecule has 0 bridgehead atoms. The molecule has 1 N–H and O–H groups in total. The number of rotatable bonds is 7. The minimum atomic E-state index is -3.99. The van der Waals surface area contributed by atoms with Gasteiger partial charge in [-0.1, -0.05) is 43.7 Å². The highest BCUT2D eigenvalue weighted by molar-refractivity contribution is 7.92. The lowest BCUT2D eigenvalue weighted by Crippen LogP contribution is -2.38. The molecule has 162 valence electrons. The molecule has 0 radical (unpaired) electrons. The van der Waals surface area contributed by atoms with Crippen LogP contribution in [0.5, 0.6) is 0 Å². The molecule has 0 aromatic heterocycles. The van der Waals surface area contributed by atoms with Crippen molar-refractivity contribution in [2.45, 2.75) is 31.6 Å². The number of aryl methyl sites for hydroxylation is 1. The number of carbonyl (C=O) groups is 1. The van der Waals surface area contributed by atoms with Gasteiger partial charge in [-0.25, -0.2) is 12.8 Å². The maximum Gasteiger partial charge on any atom is 0.264 e. The Labute approximate surface area is 182 Å². The Morgan fingerprint density at radius 1 is 0.935 bits per heavy atom. The number of hydrogen-bond acceptors (Lipinski definition) is 3. The number of carbonyl (C=O) groups excluding carboxylic acids is 1. The van der Waals surface area contributed by atoms with Gasteiger partial charge in [0.25, 0.3) is 10.0 Å². The fourth-order valence-corrected chi connectivity index (χ4v) is 4.46. The van der Waals surface area contributed by atoms with Gasteiger partial charge in [0.15, 0.2) is 0 Å². The Balaban J connectivity index is 1.94. The molecule has 0 spiro atoms. The quantitative estimate of drug-likeness (QED) is 0.556. The monoisotopic (exact) mass is 440 g/mol. The van der Waals surface area contributed by atoms with Gasteiger partial charge in [-0.2, -0.15) is 0 Å². The van der Waals surface area contributed by atoms with Crippen molar-refractivity contribution in [2.24, 2.45) is 0 Å². The standard InChI is InChI=1S/C24H25FN2O3S/c1-17(2)19-6-12-22(13-7-19)27(31(29,30)23-14-4-18(3)5-15-23)16-24(28)26-21-10-8-20(25)9-11-21/h4-15,17H,16H2,1-3H3,(H,26,28). The second-order valence-electron chi connectivity index (χ2n) is 7.63. The molecule has 31 heavy (non-hydrogen) atoms. The van der Waals surface area contributed by atoms with E-state index in [0.717, 1.165) is 15.4 Å². The van der Waals surface area contributed by atoms with Crippen molar-refractivity contribution in [1.29, 1.82) is 0 Å². The second kappa shape index (κ2) is 9.31. The van der Waals surface area contributed by atoms with Crippen LogP contribution in [0, 0.1) is 12.7 Å². The highest BCUT2D eigenvalue weighted by Crippen LogP contribution is 2.26. The maximum absolute atomic E-state index is 13.4. The summed E-state index contributed by atoms with van der Waals surface area (Å²) in [6.45, 7) is 5.54. The summed E-state index contributed by atoms with van der Waals surface area (Å²) in [7, 11) is -3.99. The van der Waals surface area contributed by atoms with E-state index in [1.54, 1.807) is 24.3 Å².